The third-order valence-electron chi connectivity index (χ3n) is 2.58. The van der Waals surface area contributed by atoms with Gasteiger partial charge in [-0.05, 0) is 44.9 Å². The summed E-state index contributed by atoms with van der Waals surface area (Å²) in [5.74, 6) is 0. The Labute approximate surface area is 119 Å². The van der Waals surface area contributed by atoms with Crippen LogP contribution < -0.4 is 5.32 Å². The summed E-state index contributed by atoms with van der Waals surface area (Å²) in [5.41, 5.74) is 1.34. The van der Waals surface area contributed by atoms with E-state index < -0.39 is 0 Å². The van der Waals surface area contributed by atoms with Gasteiger partial charge in [-0.15, -0.1) is 0 Å². The van der Waals surface area contributed by atoms with Crippen LogP contribution in [0.3, 0.4) is 0 Å². The van der Waals surface area contributed by atoms with Gasteiger partial charge in [0, 0.05) is 23.2 Å². The normalized spacial score (nSPS) is 13.6. The van der Waals surface area contributed by atoms with Gasteiger partial charge >= 0.3 is 0 Å². The summed E-state index contributed by atoms with van der Waals surface area (Å²) in [5, 5.41) is 3.51. The first-order chi connectivity index (χ1) is 8.42. The molecule has 0 aromatic heterocycles. The van der Waals surface area contributed by atoms with Gasteiger partial charge in [0.25, 0.3) is 0 Å². The Bertz CT molecular complexity index is 343. The first kappa shape index (κ1) is 15.7. The molecule has 0 aliphatic heterocycles. The topological polar surface area (TPSA) is 21.3 Å². The highest BCUT2D eigenvalue weighted by Gasteiger charge is 2.16. The molecule has 1 atom stereocenters. The summed E-state index contributed by atoms with van der Waals surface area (Å²) >= 11 is 3.46. The van der Waals surface area contributed by atoms with Crippen molar-refractivity contribution in [2.45, 2.75) is 45.8 Å². The SMILES string of the molecule is CCCOC(CNC(C)(C)C)c1ccc(Br)cc1. The highest BCUT2D eigenvalue weighted by Crippen LogP contribution is 2.20. The predicted octanol–water partition coefficient (Wildman–Crippen LogP) is 4.30. The number of halogens is 1. The molecule has 0 spiro atoms. The average molecular weight is 314 g/mol. The van der Waals surface area contributed by atoms with Crippen LogP contribution in [0.4, 0.5) is 0 Å². The molecular weight excluding hydrogens is 290 g/mol. The van der Waals surface area contributed by atoms with E-state index >= 15 is 0 Å². The first-order valence-electron chi connectivity index (χ1n) is 6.54. The van der Waals surface area contributed by atoms with E-state index in [1.165, 1.54) is 5.56 Å². The predicted molar refractivity (Wildman–Crippen MR) is 80.9 cm³/mol. The molecule has 3 heteroatoms. The largest absolute Gasteiger partial charge is 0.372 e. The van der Waals surface area contributed by atoms with Crippen molar-refractivity contribution in [3.63, 3.8) is 0 Å². The van der Waals surface area contributed by atoms with Crippen molar-refractivity contribution in [3.05, 3.63) is 34.3 Å². The molecule has 0 aliphatic carbocycles. The Kier molecular flexibility index (Phi) is 6.33. The third-order valence-corrected chi connectivity index (χ3v) is 3.11. The zero-order valence-corrected chi connectivity index (χ0v) is 13.4. The van der Waals surface area contributed by atoms with Gasteiger partial charge in [-0.3, -0.25) is 0 Å². The van der Waals surface area contributed by atoms with Crippen LogP contribution >= 0.6 is 15.9 Å². The van der Waals surface area contributed by atoms with Crippen LogP contribution in [0.15, 0.2) is 28.7 Å². The Balaban J connectivity index is 2.68. The molecule has 102 valence electrons. The number of rotatable bonds is 6. The monoisotopic (exact) mass is 313 g/mol. The van der Waals surface area contributed by atoms with E-state index in [1.54, 1.807) is 0 Å². The standard InChI is InChI=1S/C15H24BrNO/c1-5-10-18-14(11-17-15(2,3)4)12-6-8-13(16)9-7-12/h6-9,14,17H,5,10-11H2,1-4H3. The number of ether oxygens (including phenoxy) is 1. The van der Waals surface area contributed by atoms with Gasteiger partial charge in [0.1, 0.15) is 0 Å². The maximum absolute atomic E-state index is 5.93. The fourth-order valence-electron chi connectivity index (χ4n) is 1.61. The van der Waals surface area contributed by atoms with Crippen molar-refractivity contribution >= 4 is 15.9 Å². The molecule has 0 amide bonds. The molecule has 0 heterocycles. The van der Waals surface area contributed by atoms with Gasteiger partial charge in [0.2, 0.25) is 0 Å². The molecule has 1 unspecified atom stereocenters. The van der Waals surface area contributed by atoms with Gasteiger partial charge < -0.3 is 10.1 Å². The first-order valence-corrected chi connectivity index (χ1v) is 7.34. The number of nitrogens with one attached hydrogen (secondary N) is 1. The smallest absolute Gasteiger partial charge is 0.0949 e. The maximum Gasteiger partial charge on any atom is 0.0949 e. The quantitative estimate of drug-likeness (QED) is 0.845. The molecule has 0 aliphatic rings. The van der Waals surface area contributed by atoms with Gasteiger partial charge in [0.15, 0.2) is 0 Å². The van der Waals surface area contributed by atoms with E-state index in [0.29, 0.717) is 0 Å². The lowest BCUT2D eigenvalue weighted by Crippen LogP contribution is -2.39. The summed E-state index contributed by atoms with van der Waals surface area (Å²) in [6.45, 7) is 10.3. The summed E-state index contributed by atoms with van der Waals surface area (Å²) in [7, 11) is 0. The second-order valence-electron chi connectivity index (χ2n) is 5.54. The van der Waals surface area contributed by atoms with Crippen LogP contribution in [0.1, 0.15) is 45.8 Å². The van der Waals surface area contributed by atoms with Gasteiger partial charge in [-0.2, -0.15) is 0 Å². The summed E-state index contributed by atoms with van der Waals surface area (Å²) in [6.07, 6.45) is 1.17. The Morgan fingerprint density at radius 2 is 1.83 bits per heavy atom. The average Bonchev–Trinajstić information content (AvgIpc) is 2.29. The van der Waals surface area contributed by atoms with Crippen LogP contribution in [0.2, 0.25) is 0 Å². The third kappa shape index (κ3) is 5.98. The fraction of sp³-hybridized carbons (Fsp3) is 0.600. The van der Waals surface area contributed by atoms with Crippen molar-refractivity contribution < 1.29 is 4.74 Å². The van der Waals surface area contributed by atoms with Gasteiger partial charge in [0.05, 0.1) is 6.10 Å². The van der Waals surface area contributed by atoms with Gasteiger partial charge in [-0.1, -0.05) is 35.0 Å². The minimum absolute atomic E-state index is 0.114. The number of benzene rings is 1. The maximum atomic E-state index is 5.93. The lowest BCUT2D eigenvalue weighted by molar-refractivity contribution is 0.0487. The molecule has 2 nitrogen and oxygen atoms in total. The summed E-state index contributed by atoms with van der Waals surface area (Å²) in [6, 6.07) is 8.37. The number of hydrogen-bond acceptors (Lipinski definition) is 2. The lowest BCUT2D eigenvalue weighted by atomic mass is 10.1. The van der Waals surface area contributed by atoms with Crippen LogP contribution in [0.5, 0.6) is 0 Å². The zero-order chi connectivity index (χ0) is 13.6. The Morgan fingerprint density at radius 1 is 1.22 bits per heavy atom. The fourth-order valence-corrected chi connectivity index (χ4v) is 1.87. The van der Waals surface area contributed by atoms with E-state index in [2.05, 4.69) is 73.2 Å². The van der Waals surface area contributed by atoms with Crippen molar-refractivity contribution in [1.29, 1.82) is 0 Å². The van der Waals surface area contributed by atoms with Crippen molar-refractivity contribution in [3.8, 4) is 0 Å². The van der Waals surface area contributed by atoms with Crippen LogP contribution in [-0.4, -0.2) is 18.7 Å². The molecule has 1 aromatic carbocycles. The molecule has 0 saturated heterocycles. The molecule has 0 fully saturated rings. The molecule has 0 radical (unpaired) electrons. The highest BCUT2D eigenvalue weighted by atomic mass is 79.9. The van der Waals surface area contributed by atoms with E-state index in [-0.39, 0.29) is 11.6 Å². The van der Waals surface area contributed by atoms with E-state index in [0.717, 1.165) is 24.0 Å². The van der Waals surface area contributed by atoms with E-state index in [4.69, 9.17) is 4.74 Å². The second kappa shape index (κ2) is 7.27. The summed E-state index contributed by atoms with van der Waals surface area (Å²) in [4.78, 5) is 0. The highest BCUT2D eigenvalue weighted by molar-refractivity contribution is 9.10. The second-order valence-corrected chi connectivity index (χ2v) is 6.46. The molecule has 1 N–H and O–H groups in total. The van der Waals surface area contributed by atoms with E-state index in [9.17, 15) is 0 Å². The number of hydrogen-bond donors (Lipinski definition) is 1. The van der Waals surface area contributed by atoms with Crippen LogP contribution in [-0.2, 0) is 4.74 Å². The van der Waals surface area contributed by atoms with Gasteiger partial charge in [-0.25, -0.2) is 0 Å². The Morgan fingerprint density at radius 3 is 2.33 bits per heavy atom. The molecule has 1 rings (SSSR count). The molecule has 0 bridgehead atoms. The lowest BCUT2D eigenvalue weighted by Gasteiger charge is -2.25. The Hall–Kier alpha value is -0.380. The minimum Gasteiger partial charge on any atom is -0.372 e. The van der Waals surface area contributed by atoms with Crippen molar-refractivity contribution in [2.24, 2.45) is 0 Å². The molecular formula is C15H24BrNO. The summed E-state index contributed by atoms with van der Waals surface area (Å²) < 4.78 is 7.04. The van der Waals surface area contributed by atoms with Crippen LogP contribution in [0, 0.1) is 0 Å². The van der Waals surface area contributed by atoms with E-state index in [1.807, 2.05) is 0 Å². The van der Waals surface area contributed by atoms with Crippen molar-refractivity contribution in [2.75, 3.05) is 13.2 Å². The molecule has 18 heavy (non-hydrogen) atoms. The van der Waals surface area contributed by atoms with Crippen molar-refractivity contribution in [1.82, 2.24) is 5.32 Å². The zero-order valence-electron chi connectivity index (χ0n) is 11.8. The minimum atomic E-state index is 0.114. The molecule has 0 saturated carbocycles. The molecule has 1 aromatic rings. The van der Waals surface area contributed by atoms with Crippen LogP contribution in [0.25, 0.3) is 0 Å².